The summed E-state index contributed by atoms with van der Waals surface area (Å²) in [5.74, 6) is -1.44. The molecule has 0 spiro atoms. The second-order valence-corrected chi connectivity index (χ2v) is 5.16. The van der Waals surface area contributed by atoms with E-state index in [9.17, 15) is 14.4 Å². The van der Waals surface area contributed by atoms with Crippen LogP contribution in [0.4, 0.5) is 0 Å². The second-order valence-electron chi connectivity index (χ2n) is 5.16. The molecule has 2 amide bonds. The van der Waals surface area contributed by atoms with Gasteiger partial charge in [0.05, 0.1) is 24.6 Å². The van der Waals surface area contributed by atoms with Crippen LogP contribution in [-0.4, -0.2) is 43.0 Å². The Morgan fingerprint density at radius 1 is 1.19 bits per heavy atom. The lowest BCUT2D eigenvalue weighted by Gasteiger charge is -2.17. The molecule has 0 aliphatic carbocycles. The zero-order chi connectivity index (χ0) is 15.1. The van der Waals surface area contributed by atoms with Crippen LogP contribution in [0.3, 0.4) is 0 Å². The van der Waals surface area contributed by atoms with Crippen LogP contribution in [0.1, 0.15) is 22.0 Å². The van der Waals surface area contributed by atoms with Gasteiger partial charge in [0.25, 0.3) is 0 Å². The summed E-state index contributed by atoms with van der Waals surface area (Å²) < 4.78 is 4.65. The number of esters is 1. The van der Waals surface area contributed by atoms with Crippen LogP contribution in [0.5, 0.6) is 0 Å². The van der Waals surface area contributed by atoms with E-state index in [1.54, 1.807) is 36.3 Å². The molecule has 2 fully saturated rings. The van der Waals surface area contributed by atoms with Gasteiger partial charge >= 0.3 is 5.97 Å². The summed E-state index contributed by atoms with van der Waals surface area (Å²) in [6, 6.07) is 6.02. The number of benzene rings is 1. The maximum absolute atomic E-state index is 11.9. The fourth-order valence-electron chi connectivity index (χ4n) is 2.94. The van der Waals surface area contributed by atoms with Crippen molar-refractivity contribution in [3.8, 4) is 0 Å². The number of hydrazine groups is 1. The molecule has 2 N–H and O–H groups in total. The summed E-state index contributed by atoms with van der Waals surface area (Å²) in [5, 5.41) is 4.01. The SMILES string of the molecule is COC(=O)c1ccc([C@@H]2NN(C)[C@H]3C(=O)NC(=O)[C@@H]23)cc1. The third-order valence-electron chi connectivity index (χ3n) is 3.97. The minimum atomic E-state index is -0.497. The fraction of sp³-hybridized carbons (Fsp3) is 0.357. The molecule has 110 valence electrons. The van der Waals surface area contributed by atoms with Crippen molar-refractivity contribution in [2.45, 2.75) is 12.1 Å². The monoisotopic (exact) mass is 289 g/mol. The number of ether oxygens (including phenoxy) is 1. The normalized spacial score (nSPS) is 28.4. The zero-order valence-electron chi connectivity index (χ0n) is 11.6. The molecule has 0 aromatic heterocycles. The number of methoxy groups -OCH3 is 1. The van der Waals surface area contributed by atoms with Crippen molar-refractivity contribution >= 4 is 17.8 Å². The molecule has 0 bridgehead atoms. The second kappa shape index (κ2) is 4.94. The number of hydrogen-bond acceptors (Lipinski definition) is 6. The smallest absolute Gasteiger partial charge is 0.337 e. The van der Waals surface area contributed by atoms with E-state index in [0.717, 1.165) is 5.56 Å². The van der Waals surface area contributed by atoms with Crippen molar-refractivity contribution in [2.75, 3.05) is 14.2 Å². The molecule has 1 aromatic carbocycles. The number of carbonyl (C=O) groups is 3. The minimum Gasteiger partial charge on any atom is -0.465 e. The van der Waals surface area contributed by atoms with Crippen LogP contribution in [0.25, 0.3) is 0 Å². The van der Waals surface area contributed by atoms with Crippen molar-refractivity contribution < 1.29 is 19.1 Å². The summed E-state index contributed by atoms with van der Waals surface area (Å²) >= 11 is 0. The molecule has 2 aliphatic rings. The molecule has 0 saturated carbocycles. The molecule has 1 aromatic rings. The highest BCUT2D eigenvalue weighted by Crippen LogP contribution is 2.36. The first kappa shape index (κ1) is 13.7. The molecule has 21 heavy (non-hydrogen) atoms. The Bertz CT molecular complexity index is 613. The van der Waals surface area contributed by atoms with E-state index in [0.29, 0.717) is 5.56 Å². The number of likely N-dealkylation sites (N-methyl/N-ethyl adjacent to an activating group) is 1. The zero-order valence-corrected chi connectivity index (χ0v) is 11.6. The molecule has 0 radical (unpaired) electrons. The molecule has 2 saturated heterocycles. The number of rotatable bonds is 2. The average Bonchev–Trinajstić information content (AvgIpc) is 2.98. The van der Waals surface area contributed by atoms with E-state index in [1.165, 1.54) is 7.11 Å². The van der Waals surface area contributed by atoms with Gasteiger partial charge in [0.15, 0.2) is 0 Å². The standard InChI is InChI=1S/C14H15N3O4/c1-17-11-9(12(18)15-13(11)19)10(16-17)7-3-5-8(6-4-7)14(20)21-2/h3-6,9-11,16H,1-2H3,(H,15,18,19)/t9-,10-,11+/m0/s1. The summed E-state index contributed by atoms with van der Waals surface area (Å²) in [5.41, 5.74) is 4.41. The average molecular weight is 289 g/mol. The first-order chi connectivity index (χ1) is 10.0. The van der Waals surface area contributed by atoms with Crippen molar-refractivity contribution in [1.29, 1.82) is 0 Å². The largest absolute Gasteiger partial charge is 0.465 e. The topological polar surface area (TPSA) is 87.7 Å². The van der Waals surface area contributed by atoms with Crippen molar-refractivity contribution in [1.82, 2.24) is 15.8 Å². The number of amides is 2. The lowest BCUT2D eigenvalue weighted by molar-refractivity contribution is -0.127. The van der Waals surface area contributed by atoms with Gasteiger partial charge in [-0.2, -0.15) is 0 Å². The Labute approximate surface area is 121 Å². The number of nitrogens with one attached hydrogen (secondary N) is 2. The van der Waals surface area contributed by atoms with E-state index >= 15 is 0 Å². The van der Waals surface area contributed by atoms with Gasteiger partial charge in [-0.3, -0.25) is 14.9 Å². The van der Waals surface area contributed by atoms with Gasteiger partial charge in [-0.25, -0.2) is 15.2 Å². The van der Waals surface area contributed by atoms with E-state index in [1.807, 2.05) is 0 Å². The van der Waals surface area contributed by atoms with E-state index in [2.05, 4.69) is 15.5 Å². The van der Waals surface area contributed by atoms with Crippen LogP contribution in [0.2, 0.25) is 0 Å². The number of imide groups is 1. The molecule has 3 rings (SSSR count). The molecule has 7 nitrogen and oxygen atoms in total. The van der Waals surface area contributed by atoms with Gasteiger partial charge in [-0.1, -0.05) is 12.1 Å². The van der Waals surface area contributed by atoms with Gasteiger partial charge in [0.2, 0.25) is 11.8 Å². The summed E-state index contributed by atoms with van der Waals surface area (Å²) in [6.07, 6.45) is 0. The Hall–Kier alpha value is -2.25. The third kappa shape index (κ3) is 2.10. The van der Waals surface area contributed by atoms with Crippen LogP contribution in [0.15, 0.2) is 24.3 Å². The van der Waals surface area contributed by atoms with Crippen LogP contribution >= 0.6 is 0 Å². The minimum absolute atomic E-state index is 0.274. The molecule has 0 unspecified atom stereocenters. The lowest BCUT2D eigenvalue weighted by Crippen LogP contribution is -2.41. The fourth-order valence-corrected chi connectivity index (χ4v) is 2.94. The van der Waals surface area contributed by atoms with E-state index < -0.39 is 17.9 Å². The predicted molar refractivity (Wildman–Crippen MR) is 71.8 cm³/mol. The van der Waals surface area contributed by atoms with Gasteiger partial charge in [0, 0.05) is 7.05 Å². The van der Waals surface area contributed by atoms with Crippen molar-refractivity contribution in [2.24, 2.45) is 5.92 Å². The third-order valence-corrected chi connectivity index (χ3v) is 3.97. The number of fused-ring (bicyclic) bond motifs is 1. The predicted octanol–water partition coefficient (Wildman–Crippen LogP) is -0.394. The van der Waals surface area contributed by atoms with Gasteiger partial charge < -0.3 is 4.74 Å². The molecular formula is C14H15N3O4. The molecule has 2 heterocycles. The molecular weight excluding hydrogens is 274 g/mol. The Morgan fingerprint density at radius 2 is 1.86 bits per heavy atom. The summed E-state index contributed by atoms with van der Waals surface area (Å²) in [6.45, 7) is 0. The number of hydrogen-bond donors (Lipinski definition) is 2. The Morgan fingerprint density at radius 3 is 2.48 bits per heavy atom. The molecule has 3 atom stereocenters. The van der Waals surface area contributed by atoms with Crippen molar-refractivity contribution in [3.05, 3.63) is 35.4 Å². The summed E-state index contributed by atoms with van der Waals surface area (Å²) in [4.78, 5) is 35.1. The maximum atomic E-state index is 11.9. The Balaban J connectivity index is 1.89. The van der Waals surface area contributed by atoms with Gasteiger partial charge in [0.1, 0.15) is 6.04 Å². The number of carbonyl (C=O) groups excluding carboxylic acids is 3. The van der Waals surface area contributed by atoms with E-state index in [-0.39, 0.29) is 17.9 Å². The first-order valence-electron chi connectivity index (χ1n) is 6.55. The van der Waals surface area contributed by atoms with Crippen molar-refractivity contribution in [3.63, 3.8) is 0 Å². The highest BCUT2D eigenvalue weighted by atomic mass is 16.5. The Kier molecular flexibility index (Phi) is 3.23. The van der Waals surface area contributed by atoms with Crippen LogP contribution in [0, 0.1) is 5.92 Å². The molecule has 2 aliphatic heterocycles. The van der Waals surface area contributed by atoms with E-state index in [4.69, 9.17) is 0 Å². The van der Waals surface area contributed by atoms with Crippen LogP contribution < -0.4 is 10.7 Å². The highest BCUT2D eigenvalue weighted by molar-refractivity contribution is 6.07. The summed E-state index contributed by atoms with van der Waals surface area (Å²) in [7, 11) is 3.06. The maximum Gasteiger partial charge on any atom is 0.337 e. The molecule has 7 heteroatoms. The van der Waals surface area contributed by atoms with Gasteiger partial charge in [-0.05, 0) is 17.7 Å². The number of nitrogens with zero attached hydrogens (tertiary/aromatic N) is 1. The quantitative estimate of drug-likeness (QED) is 0.569. The highest BCUT2D eigenvalue weighted by Gasteiger charge is 2.53. The lowest BCUT2D eigenvalue weighted by atomic mass is 9.90. The van der Waals surface area contributed by atoms with Gasteiger partial charge in [-0.15, -0.1) is 0 Å². The first-order valence-corrected chi connectivity index (χ1v) is 6.55. The van der Waals surface area contributed by atoms with Crippen LogP contribution in [-0.2, 0) is 14.3 Å².